The van der Waals surface area contributed by atoms with Gasteiger partial charge in [0.2, 0.25) is 0 Å². The second-order valence-corrected chi connectivity index (χ2v) is 2.16. The van der Waals surface area contributed by atoms with E-state index in [4.69, 9.17) is 10.1 Å². The molecule has 0 bridgehead atoms. The van der Waals surface area contributed by atoms with Crippen LogP contribution in [0, 0.1) is 5.41 Å². The molecule has 0 unspecified atom stereocenters. The quantitative estimate of drug-likeness (QED) is 0.553. The van der Waals surface area contributed by atoms with Gasteiger partial charge in [0.15, 0.2) is 11.7 Å². The summed E-state index contributed by atoms with van der Waals surface area (Å²) in [6.45, 7) is 0.409. The van der Waals surface area contributed by atoms with Crippen molar-refractivity contribution in [3.05, 3.63) is 11.5 Å². The fourth-order valence-electron chi connectivity index (χ4n) is 0.938. The van der Waals surface area contributed by atoms with Crippen LogP contribution in [0.2, 0.25) is 0 Å². The maximum Gasteiger partial charge on any atom is 0.199 e. The van der Waals surface area contributed by atoms with Crippen LogP contribution in [-0.4, -0.2) is 25.7 Å². The first kappa shape index (κ1) is 7.78. The zero-order valence-electron chi connectivity index (χ0n) is 6.31. The van der Waals surface area contributed by atoms with Gasteiger partial charge in [0.05, 0.1) is 12.2 Å². The van der Waals surface area contributed by atoms with Crippen molar-refractivity contribution in [1.82, 2.24) is 5.32 Å². The lowest BCUT2D eigenvalue weighted by Crippen LogP contribution is -2.24. The number of nitrogens with one attached hydrogen (secondary N) is 2. The molecule has 4 nitrogen and oxygen atoms in total. The Hall–Kier alpha value is -1.32. The van der Waals surface area contributed by atoms with Crippen LogP contribution in [0.4, 0.5) is 0 Å². The average molecular weight is 154 g/mol. The summed E-state index contributed by atoms with van der Waals surface area (Å²) in [7, 11) is 1.66. The summed E-state index contributed by atoms with van der Waals surface area (Å²) in [6, 6.07) is 0. The van der Waals surface area contributed by atoms with E-state index in [9.17, 15) is 4.79 Å². The Kier molecular flexibility index (Phi) is 2.25. The van der Waals surface area contributed by atoms with Gasteiger partial charge >= 0.3 is 0 Å². The Morgan fingerprint density at radius 3 is 2.91 bits per heavy atom. The van der Waals surface area contributed by atoms with Crippen molar-refractivity contribution in [3.63, 3.8) is 0 Å². The molecule has 0 spiro atoms. The third-order valence-electron chi connectivity index (χ3n) is 1.49. The Morgan fingerprint density at radius 2 is 2.45 bits per heavy atom. The SMILES string of the molecule is CNC1=C(C=N)C(=O)CCO1. The Labute approximate surface area is 64.7 Å². The van der Waals surface area contributed by atoms with E-state index < -0.39 is 0 Å². The number of carbonyl (C=O) groups excluding carboxylic acids is 1. The van der Waals surface area contributed by atoms with E-state index in [0.29, 0.717) is 24.5 Å². The molecule has 0 fully saturated rings. The van der Waals surface area contributed by atoms with Gasteiger partial charge in [-0.3, -0.25) is 4.79 Å². The third kappa shape index (κ3) is 1.39. The molecule has 0 saturated carbocycles. The molecule has 1 heterocycles. The molecule has 1 rings (SSSR count). The third-order valence-corrected chi connectivity index (χ3v) is 1.49. The summed E-state index contributed by atoms with van der Waals surface area (Å²) in [5, 5.41) is 9.66. The number of ketones is 1. The number of Topliss-reactive ketones (excluding diaryl/α,β-unsaturated/α-hetero) is 1. The van der Waals surface area contributed by atoms with Gasteiger partial charge in [-0.1, -0.05) is 0 Å². The molecular formula is C7H10N2O2. The van der Waals surface area contributed by atoms with Crippen LogP contribution in [0.1, 0.15) is 6.42 Å². The van der Waals surface area contributed by atoms with Crippen LogP contribution < -0.4 is 5.32 Å². The molecule has 0 amide bonds. The monoisotopic (exact) mass is 154 g/mol. The fourth-order valence-corrected chi connectivity index (χ4v) is 0.938. The van der Waals surface area contributed by atoms with Crippen molar-refractivity contribution >= 4 is 12.0 Å². The van der Waals surface area contributed by atoms with Crippen LogP contribution >= 0.6 is 0 Å². The topological polar surface area (TPSA) is 62.2 Å². The number of ether oxygens (including phenoxy) is 1. The van der Waals surface area contributed by atoms with Crippen molar-refractivity contribution in [3.8, 4) is 0 Å². The molecule has 0 aromatic carbocycles. The minimum absolute atomic E-state index is 0.0319. The highest BCUT2D eigenvalue weighted by molar-refractivity contribution is 6.13. The van der Waals surface area contributed by atoms with Crippen LogP contribution in [0.15, 0.2) is 11.5 Å². The van der Waals surface area contributed by atoms with E-state index in [0.717, 1.165) is 6.21 Å². The van der Waals surface area contributed by atoms with E-state index in [1.807, 2.05) is 0 Å². The van der Waals surface area contributed by atoms with Crippen molar-refractivity contribution in [2.24, 2.45) is 0 Å². The zero-order valence-corrected chi connectivity index (χ0v) is 6.31. The van der Waals surface area contributed by atoms with Crippen LogP contribution in [0.3, 0.4) is 0 Å². The molecule has 0 atom stereocenters. The van der Waals surface area contributed by atoms with Gasteiger partial charge < -0.3 is 15.5 Å². The summed E-state index contributed by atoms with van der Waals surface area (Å²) < 4.78 is 5.10. The summed E-state index contributed by atoms with van der Waals surface area (Å²) in [6.07, 6.45) is 1.39. The number of carbonyl (C=O) groups is 1. The average Bonchev–Trinajstić information content (AvgIpc) is 2.04. The molecule has 2 N–H and O–H groups in total. The number of hydrogen-bond donors (Lipinski definition) is 2. The Morgan fingerprint density at radius 1 is 1.73 bits per heavy atom. The van der Waals surface area contributed by atoms with Crippen molar-refractivity contribution in [2.75, 3.05) is 13.7 Å². The highest BCUT2D eigenvalue weighted by atomic mass is 16.5. The first-order valence-electron chi connectivity index (χ1n) is 3.38. The molecule has 1 aliphatic rings. The summed E-state index contributed by atoms with van der Waals surface area (Å²) in [5.74, 6) is 0.381. The zero-order chi connectivity index (χ0) is 8.27. The molecule has 0 radical (unpaired) electrons. The minimum Gasteiger partial charge on any atom is -0.478 e. The van der Waals surface area contributed by atoms with Crippen molar-refractivity contribution < 1.29 is 9.53 Å². The minimum atomic E-state index is -0.0319. The van der Waals surface area contributed by atoms with Gasteiger partial charge in [-0.15, -0.1) is 0 Å². The molecule has 0 aliphatic carbocycles. The van der Waals surface area contributed by atoms with E-state index in [-0.39, 0.29) is 5.78 Å². The van der Waals surface area contributed by atoms with Gasteiger partial charge in [0.1, 0.15) is 0 Å². The van der Waals surface area contributed by atoms with E-state index in [1.54, 1.807) is 7.05 Å². The maximum absolute atomic E-state index is 11.1. The first-order chi connectivity index (χ1) is 5.29. The maximum atomic E-state index is 11.1. The predicted octanol–water partition coefficient (Wildman–Crippen LogP) is 0.0564. The molecule has 1 aliphatic heterocycles. The summed E-state index contributed by atoms with van der Waals surface area (Å²) in [4.78, 5) is 11.1. The van der Waals surface area contributed by atoms with Crippen LogP contribution in [-0.2, 0) is 9.53 Å². The summed E-state index contributed by atoms with van der Waals surface area (Å²) in [5.41, 5.74) is 0.332. The van der Waals surface area contributed by atoms with Crippen LogP contribution in [0.5, 0.6) is 0 Å². The van der Waals surface area contributed by atoms with Gasteiger partial charge in [-0.05, 0) is 0 Å². The van der Waals surface area contributed by atoms with E-state index in [1.165, 1.54) is 0 Å². The predicted molar refractivity (Wildman–Crippen MR) is 40.4 cm³/mol. The smallest absolute Gasteiger partial charge is 0.199 e. The highest BCUT2D eigenvalue weighted by Crippen LogP contribution is 2.10. The normalized spacial score (nSPS) is 17.7. The molecule has 60 valence electrons. The Balaban J connectivity index is 2.94. The standard InChI is InChI=1S/C7H10N2O2/c1-9-7-5(4-8)6(10)2-3-11-7/h4,8-9H,2-3H2,1H3. The number of allylic oxidation sites excluding steroid dienone is 1. The van der Waals surface area contributed by atoms with Crippen molar-refractivity contribution in [1.29, 1.82) is 5.41 Å². The van der Waals surface area contributed by atoms with Crippen LogP contribution in [0.25, 0.3) is 0 Å². The lowest BCUT2D eigenvalue weighted by atomic mass is 10.1. The van der Waals surface area contributed by atoms with Gasteiger partial charge in [0.25, 0.3) is 0 Å². The van der Waals surface area contributed by atoms with Gasteiger partial charge in [0, 0.05) is 19.7 Å². The summed E-state index contributed by atoms with van der Waals surface area (Å²) >= 11 is 0. The fraction of sp³-hybridized carbons (Fsp3) is 0.429. The molecule has 4 heteroatoms. The Bertz CT molecular complexity index is 220. The second-order valence-electron chi connectivity index (χ2n) is 2.16. The van der Waals surface area contributed by atoms with E-state index >= 15 is 0 Å². The molecule has 0 saturated heterocycles. The number of rotatable bonds is 2. The van der Waals surface area contributed by atoms with E-state index in [2.05, 4.69) is 5.32 Å². The van der Waals surface area contributed by atoms with Gasteiger partial charge in [-0.25, -0.2) is 0 Å². The molecule has 0 aromatic rings. The first-order valence-corrected chi connectivity index (χ1v) is 3.38. The number of hydrogen-bond acceptors (Lipinski definition) is 4. The second kappa shape index (κ2) is 3.18. The lowest BCUT2D eigenvalue weighted by Gasteiger charge is -2.16. The molecular weight excluding hydrogens is 144 g/mol. The molecule has 11 heavy (non-hydrogen) atoms. The molecule has 0 aromatic heterocycles. The largest absolute Gasteiger partial charge is 0.478 e. The van der Waals surface area contributed by atoms with Gasteiger partial charge in [-0.2, -0.15) is 0 Å². The lowest BCUT2D eigenvalue weighted by molar-refractivity contribution is -0.117. The van der Waals surface area contributed by atoms with Crippen molar-refractivity contribution in [2.45, 2.75) is 6.42 Å². The highest BCUT2D eigenvalue weighted by Gasteiger charge is 2.18.